The fourth-order valence-electron chi connectivity index (χ4n) is 2.09. The van der Waals surface area contributed by atoms with Crippen LogP contribution in [0.5, 0.6) is 0 Å². The molecular weight excluding hydrogens is 218 g/mol. The second-order valence-electron chi connectivity index (χ2n) is 5.51. The number of carboxylic acids is 1. The second kappa shape index (κ2) is 6.03. The molecule has 1 saturated carbocycles. The predicted molar refractivity (Wildman–Crippen MR) is 65.5 cm³/mol. The minimum absolute atomic E-state index is 0.0289. The summed E-state index contributed by atoms with van der Waals surface area (Å²) in [4.78, 5) is 22.6. The molecule has 1 amide bonds. The summed E-state index contributed by atoms with van der Waals surface area (Å²) in [5, 5.41) is 11.8. The van der Waals surface area contributed by atoms with E-state index >= 15 is 0 Å². The quantitative estimate of drug-likeness (QED) is 0.772. The highest BCUT2D eigenvalue weighted by Crippen LogP contribution is 2.31. The maximum Gasteiger partial charge on any atom is 0.306 e. The van der Waals surface area contributed by atoms with Crippen molar-refractivity contribution in [1.29, 1.82) is 0 Å². The van der Waals surface area contributed by atoms with Gasteiger partial charge in [0.05, 0.1) is 5.92 Å². The third-order valence-electron chi connectivity index (χ3n) is 3.89. The number of hydrogen-bond acceptors (Lipinski definition) is 2. The highest BCUT2D eigenvalue weighted by Gasteiger charge is 2.33. The van der Waals surface area contributed by atoms with Crippen molar-refractivity contribution in [3.8, 4) is 0 Å². The number of hydrogen-bond donors (Lipinski definition) is 2. The van der Waals surface area contributed by atoms with Gasteiger partial charge < -0.3 is 10.4 Å². The molecule has 4 nitrogen and oxygen atoms in total. The number of carboxylic acid groups (broad SMARTS) is 1. The SMILES string of the molecule is CC(C)C(C)CNC(=O)[C@@H]1CC[C@H](C(=O)O)C1. The van der Waals surface area contributed by atoms with Gasteiger partial charge in [0.2, 0.25) is 5.91 Å². The van der Waals surface area contributed by atoms with Gasteiger partial charge in [0.1, 0.15) is 0 Å². The minimum Gasteiger partial charge on any atom is -0.481 e. The summed E-state index contributed by atoms with van der Waals surface area (Å²) in [5.41, 5.74) is 0. The second-order valence-corrected chi connectivity index (χ2v) is 5.51. The number of nitrogens with one attached hydrogen (secondary N) is 1. The average molecular weight is 241 g/mol. The normalized spacial score (nSPS) is 25.9. The van der Waals surface area contributed by atoms with Crippen LogP contribution < -0.4 is 5.32 Å². The molecule has 4 heteroatoms. The summed E-state index contributed by atoms with van der Waals surface area (Å²) in [6, 6.07) is 0. The van der Waals surface area contributed by atoms with Crippen LogP contribution in [0.15, 0.2) is 0 Å². The predicted octanol–water partition coefficient (Wildman–Crippen LogP) is 1.90. The van der Waals surface area contributed by atoms with Crippen LogP contribution in [0.4, 0.5) is 0 Å². The van der Waals surface area contributed by atoms with E-state index in [0.29, 0.717) is 37.6 Å². The van der Waals surface area contributed by atoms with E-state index in [2.05, 4.69) is 26.1 Å². The summed E-state index contributed by atoms with van der Waals surface area (Å²) in [6.07, 6.45) is 1.84. The Bertz CT molecular complexity index is 288. The Labute approximate surface area is 103 Å². The lowest BCUT2D eigenvalue weighted by atomic mass is 9.97. The molecule has 0 aliphatic heterocycles. The number of aliphatic carboxylic acids is 1. The van der Waals surface area contributed by atoms with Crippen molar-refractivity contribution >= 4 is 11.9 Å². The van der Waals surface area contributed by atoms with Crippen molar-refractivity contribution in [3.63, 3.8) is 0 Å². The third kappa shape index (κ3) is 4.02. The zero-order valence-corrected chi connectivity index (χ0v) is 10.9. The summed E-state index contributed by atoms with van der Waals surface area (Å²) in [6.45, 7) is 7.06. The molecule has 0 aromatic heterocycles. The molecule has 3 atom stereocenters. The molecule has 0 saturated heterocycles. The Morgan fingerprint density at radius 2 is 1.82 bits per heavy atom. The van der Waals surface area contributed by atoms with Crippen LogP contribution in [0.25, 0.3) is 0 Å². The van der Waals surface area contributed by atoms with Crippen molar-refractivity contribution < 1.29 is 14.7 Å². The summed E-state index contributed by atoms with van der Waals surface area (Å²) >= 11 is 0. The number of carbonyl (C=O) groups is 2. The molecule has 1 rings (SSSR count). The van der Waals surface area contributed by atoms with Gasteiger partial charge in [-0.25, -0.2) is 0 Å². The molecule has 1 aliphatic rings. The zero-order valence-electron chi connectivity index (χ0n) is 10.9. The fraction of sp³-hybridized carbons (Fsp3) is 0.846. The van der Waals surface area contributed by atoms with E-state index in [1.54, 1.807) is 0 Å². The van der Waals surface area contributed by atoms with Gasteiger partial charge in [-0.05, 0) is 31.1 Å². The van der Waals surface area contributed by atoms with Gasteiger partial charge in [-0.3, -0.25) is 9.59 Å². The molecule has 0 bridgehead atoms. The lowest BCUT2D eigenvalue weighted by Gasteiger charge is -2.18. The first-order valence-corrected chi connectivity index (χ1v) is 6.42. The van der Waals surface area contributed by atoms with Crippen LogP contribution in [-0.2, 0) is 9.59 Å². The monoisotopic (exact) mass is 241 g/mol. The Balaban J connectivity index is 2.32. The Kier molecular flexibility index (Phi) is 4.97. The summed E-state index contributed by atoms with van der Waals surface area (Å²) < 4.78 is 0. The molecule has 0 heterocycles. The first-order valence-electron chi connectivity index (χ1n) is 6.42. The first kappa shape index (κ1) is 14.0. The molecular formula is C13H23NO3. The zero-order chi connectivity index (χ0) is 13.0. The van der Waals surface area contributed by atoms with Crippen molar-refractivity contribution in [2.75, 3.05) is 6.54 Å². The molecule has 2 N–H and O–H groups in total. The Morgan fingerprint density at radius 1 is 1.24 bits per heavy atom. The molecule has 17 heavy (non-hydrogen) atoms. The third-order valence-corrected chi connectivity index (χ3v) is 3.89. The van der Waals surface area contributed by atoms with Gasteiger partial charge in [0.25, 0.3) is 0 Å². The van der Waals surface area contributed by atoms with E-state index in [-0.39, 0.29) is 17.7 Å². The van der Waals surface area contributed by atoms with Crippen LogP contribution in [0.1, 0.15) is 40.0 Å². The van der Waals surface area contributed by atoms with Gasteiger partial charge in [0.15, 0.2) is 0 Å². The number of carbonyl (C=O) groups excluding carboxylic acids is 1. The highest BCUT2D eigenvalue weighted by atomic mass is 16.4. The Hall–Kier alpha value is -1.06. The molecule has 0 aromatic carbocycles. The molecule has 98 valence electrons. The fourth-order valence-corrected chi connectivity index (χ4v) is 2.09. The molecule has 0 aromatic rings. The van der Waals surface area contributed by atoms with E-state index in [1.165, 1.54) is 0 Å². The van der Waals surface area contributed by atoms with E-state index in [4.69, 9.17) is 5.11 Å². The van der Waals surface area contributed by atoms with E-state index < -0.39 is 5.97 Å². The van der Waals surface area contributed by atoms with Crippen LogP contribution in [0.2, 0.25) is 0 Å². The molecule has 0 radical (unpaired) electrons. The summed E-state index contributed by atoms with van der Waals surface area (Å²) in [5.74, 6) is -0.165. The smallest absolute Gasteiger partial charge is 0.306 e. The van der Waals surface area contributed by atoms with Gasteiger partial charge in [-0.2, -0.15) is 0 Å². The van der Waals surface area contributed by atoms with E-state index in [9.17, 15) is 9.59 Å². The van der Waals surface area contributed by atoms with E-state index in [1.807, 2.05) is 0 Å². The number of amides is 1. The number of rotatable bonds is 5. The average Bonchev–Trinajstić information content (AvgIpc) is 2.74. The van der Waals surface area contributed by atoms with Crippen molar-refractivity contribution in [3.05, 3.63) is 0 Å². The highest BCUT2D eigenvalue weighted by molar-refractivity contribution is 5.80. The van der Waals surface area contributed by atoms with Crippen molar-refractivity contribution in [1.82, 2.24) is 5.32 Å². The maximum atomic E-state index is 11.8. The maximum absolute atomic E-state index is 11.8. The van der Waals surface area contributed by atoms with E-state index in [0.717, 1.165) is 0 Å². The molecule has 0 spiro atoms. The van der Waals surface area contributed by atoms with Crippen LogP contribution in [0, 0.1) is 23.7 Å². The van der Waals surface area contributed by atoms with Gasteiger partial charge in [-0.1, -0.05) is 20.8 Å². The first-order chi connectivity index (χ1) is 7.91. The van der Waals surface area contributed by atoms with Crippen LogP contribution >= 0.6 is 0 Å². The Morgan fingerprint density at radius 3 is 2.29 bits per heavy atom. The van der Waals surface area contributed by atoms with Gasteiger partial charge >= 0.3 is 5.97 Å². The van der Waals surface area contributed by atoms with Gasteiger partial charge in [0, 0.05) is 12.5 Å². The summed E-state index contributed by atoms with van der Waals surface area (Å²) in [7, 11) is 0. The molecule has 1 aliphatic carbocycles. The minimum atomic E-state index is -0.768. The van der Waals surface area contributed by atoms with Crippen LogP contribution in [0.3, 0.4) is 0 Å². The lowest BCUT2D eigenvalue weighted by molar-refractivity contribution is -0.141. The standard InChI is InChI=1S/C13H23NO3/c1-8(2)9(3)7-14-12(15)10-4-5-11(6-10)13(16)17/h8-11H,4-7H2,1-3H3,(H,14,15)(H,16,17)/t9?,10-,11+/m1/s1. The topological polar surface area (TPSA) is 66.4 Å². The lowest BCUT2D eigenvalue weighted by Crippen LogP contribution is -2.34. The largest absolute Gasteiger partial charge is 0.481 e. The molecule has 1 fully saturated rings. The van der Waals surface area contributed by atoms with Crippen molar-refractivity contribution in [2.24, 2.45) is 23.7 Å². The molecule has 1 unspecified atom stereocenters. The van der Waals surface area contributed by atoms with Gasteiger partial charge in [-0.15, -0.1) is 0 Å². The van der Waals surface area contributed by atoms with Crippen LogP contribution in [-0.4, -0.2) is 23.5 Å². The van der Waals surface area contributed by atoms with Crippen molar-refractivity contribution in [2.45, 2.75) is 40.0 Å².